The number of allylic oxidation sites excluding steroid dienone is 1. The zero-order valence-corrected chi connectivity index (χ0v) is 11.3. The fourth-order valence-corrected chi connectivity index (χ4v) is 1.80. The summed E-state index contributed by atoms with van der Waals surface area (Å²) in [5.41, 5.74) is 1.51. The Kier molecular flexibility index (Phi) is 4.63. The van der Waals surface area contributed by atoms with E-state index in [1.807, 2.05) is 0 Å². The molecule has 1 heterocycles. The van der Waals surface area contributed by atoms with E-state index in [1.165, 1.54) is 5.57 Å². The van der Waals surface area contributed by atoms with Crippen molar-refractivity contribution in [1.29, 1.82) is 0 Å². The molecule has 2 radical (unpaired) electrons. The van der Waals surface area contributed by atoms with Gasteiger partial charge in [-0.1, -0.05) is 32.4 Å². The first-order valence-electron chi connectivity index (χ1n) is 6.06. The molecule has 2 unspecified atom stereocenters. The second-order valence-corrected chi connectivity index (χ2v) is 6.03. The van der Waals surface area contributed by atoms with E-state index < -0.39 is 0 Å². The number of hydrogen-bond acceptors (Lipinski definition) is 2. The molecule has 90 valence electrons. The Bertz CT molecular complexity index is 253. The van der Waals surface area contributed by atoms with Crippen molar-refractivity contribution in [2.24, 2.45) is 5.41 Å². The van der Waals surface area contributed by atoms with Crippen LogP contribution in [-0.4, -0.2) is 44.5 Å². The molecule has 0 aromatic heterocycles. The molecule has 0 N–H and O–H groups in total. The summed E-state index contributed by atoms with van der Waals surface area (Å²) in [6, 6.07) is -0.150. The van der Waals surface area contributed by atoms with Crippen molar-refractivity contribution in [2.45, 2.75) is 46.7 Å². The minimum Gasteiger partial charge on any atom is -0.382 e. The smallest absolute Gasteiger partial charge is 0.110 e. The minimum absolute atomic E-state index is 0.150. The first kappa shape index (κ1) is 13.8. The highest BCUT2D eigenvalue weighted by Crippen LogP contribution is 2.26. The van der Waals surface area contributed by atoms with Crippen LogP contribution in [0.4, 0.5) is 0 Å². The third kappa shape index (κ3) is 4.30. The van der Waals surface area contributed by atoms with Crippen molar-refractivity contribution >= 4 is 7.85 Å². The summed E-state index contributed by atoms with van der Waals surface area (Å²) in [7, 11) is 5.93. The molecule has 1 fully saturated rings. The number of nitrogens with zero attached hydrogens (tertiary/aromatic N) is 1. The molecule has 2 nitrogen and oxygen atoms in total. The van der Waals surface area contributed by atoms with Crippen LogP contribution in [0.15, 0.2) is 11.6 Å². The lowest BCUT2D eigenvalue weighted by Crippen LogP contribution is -2.52. The van der Waals surface area contributed by atoms with Crippen LogP contribution in [0.2, 0.25) is 0 Å². The average molecular weight is 221 g/mol. The summed E-state index contributed by atoms with van der Waals surface area (Å²) in [6.07, 6.45) is 2.47. The van der Waals surface area contributed by atoms with E-state index in [1.54, 1.807) is 0 Å². The highest BCUT2D eigenvalue weighted by atomic mass is 16.5. The van der Waals surface area contributed by atoms with Gasteiger partial charge in [-0.05, 0) is 19.3 Å². The van der Waals surface area contributed by atoms with Crippen LogP contribution in [0.1, 0.15) is 34.6 Å². The van der Waals surface area contributed by atoms with Crippen molar-refractivity contribution < 1.29 is 4.74 Å². The fourth-order valence-electron chi connectivity index (χ4n) is 1.80. The zero-order valence-electron chi connectivity index (χ0n) is 11.3. The molecule has 1 aliphatic heterocycles. The Hall–Kier alpha value is -0.275. The minimum atomic E-state index is -0.150. The standard InChI is InChI=1S/C13H24BNO/c1-10(2)6-7-15-8-11(13(3,4)5)16-12(14)9-15/h6,11-12H,7-9H2,1-5H3. The SMILES string of the molecule is [B]C1CN(CC=C(C)C)CC(C(C)(C)C)O1. The normalized spacial score (nSPS) is 27.8. The van der Waals surface area contributed by atoms with Gasteiger partial charge in [-0.3, -0.25) is 4.90 Å². The number of rotatable bonds is 2. The van der Waals surface area contributed by atoms with Gasteiger partial charge in [0.05, 0.1) is 6.10 Å². The van der Waals surface area contributed by atoms with Gasteiger partial charge in [-0.15, -0.1) is 0 Å². The van der Waals surface area contributed by atoms with Crippen molar-refractivity contribution in [2.75, 3.05) is 19.6 Å². The molecule has 2 atom stereocenters. The Labute approximate surface area is 101 Å². The van der Waals surface area contributed by atoms with E-state index >= 15 is 0 Å². The molecule has 16 heavy (non-hydrogen) atoms. The van der Waals surface area contributed by atoms with E-state index in [0.29, 0.717) is 0 Å². The van der Waals surface area contributed by atoms with Gasteiger partial charge in [0.15, 0.2) is 0 Å². The Morgan fingerprint density at radius 2 is 2.00 bits per heavy atom. The topological polar surface area (TPSA) is 12.5 Å². The summed E-state index contributed by atoms with van der Waals surface area (Å²) < 4.78 is 5.80. The van der Waals surface area contributed by atoms with Crippen molar-refractivity contribution in [3.8, 4) is 0 Å². The fraction of sp³-hybridized carbons (Fsp3) is 0.846. The third-order valence-electron chi connectivity index (χ3n) is 2.92. The van der Waals surface area contributed by atoms with Gasteiger partial charge in [0.2, 0.25) is 0 Å². The van der Waals surface area contributed by atoms with Crippen LogP contribution in [0, 0.1) is 5.41 Å². The molecule has 0 spiro atoms. The van der Waals surface area contributed by atoms with Crippen molar-refractivity contribution in [1.82, 2.24) is 4.90 Å². The lowest BCUT2D eigenvalue weighted by atomic mass is 9.85. The average Bonchev–Trinajstić information content (AvgIpc) is 2.12. The van der Waals surface area contributed by atoms with Crippen LogP contribution in [-0.2, 0) is 4.74 Å². The number of hydrogen-bond donors (Lipinski definition) is 0. The van der Waals surface area contributed by atoms with E-state index in [9.17, 15) is 0 Å². The molecular weight excluding hydrogens is 197 g/mol. The van der Waals surface area contributed by atoms with Gasteiger partial charge in [0.25, 0.3) is 0 Å². The molecular formula is C13H24BNO. The molecule has 1 saturated heterocycles. The molecule has 0 aromatic carbocycles. The first-order valence-corrected chi connectivity index (χ1v) is 6.06. The first-order chi connectivity index (χ1) is 7.29. The molecule has 1 aliphatic rings. The lowest BCUT2D eigenvalue weighted by molar-refractivity contribution is -0.0942. The van der Waals surface area contributed by atoms with Gasteiger partial charge < -0.3 is 4.74 Å². The quantitative estimate of drug-likeness (QED) is 0.523. The monoisotopic (exact) mass is 221 g/mol. The van der Waals surface area contributed by atoms with Crippen LogP contribution < -0.4 is 0 Å². The van der Waals surface area contributed by atoms with Crippen molar-refractivity contribution in [3.63, 3.8) is 0 Å². The zero-order chi connectivity index (χ0) is 12.3. The predicted octanol–water partition coefficient (Wildman–Crippen LogP) is 2.19. The summed E-state index contributed by atoms with van der Waals surface area (Å²) in [5.74, 6) is 0. The summed E-state index contributed by atoms with van der Waals surface area (Å²) in [6.45, 7) is 13.6. The van der Waals surface area contributed by atoms with Gasteiger partial charge in [0.1, 0.15) is 7.85 Å². The summed E-state index contributed by atoms with van der Waals surface area (Å²) in [4.78, 5) is 2.37. The molecule has 0 amide bonds. The third-order valence-corrected chi connectivity index (χ3v) is 2.92. The molecule has 0 aromatic rings. The van der Waals surface area contributed by atoms with E-state index in [-0.39, 0.29) is 17.5 Å². The molecule has 1 rings (SSSR count). The Morgan fingerprint density at radius 1 is 1.38 bits per heavy atom. The van der Waals surface area contributed by atoms with E-state index in [0.717, 1.165) is 19.6 Å². The van der Waals surface area contributed by atoms with Gasteiger partial charge in [0, 0.05) is 25.6 Å². The maximum Gasteiger partial charge on any atom is 0.110 e. The van der Waals surface area contributed by atoms with Gasteiger partial charge >= 0.3 is 0 Å². The maximum absolute atomic E-state index is 5.93. The molecule has 3 heteroatoms. The summed E-state index contributed by atoms with van der Waals surface area (Å²) >= 11 is 0. The second-order valence-electron chi connectivity index (χ2n) is 6.03. The largest absolute Gasteiger partial charge is 0.382 e. The Balaban J connectivity index is 2.58. The maximum atomic E-state index is 5.93. The van der Waals surface area contributed by atoms with E-state index in [4.69, 9.17) is 12.6 Å². The van der Waals surface area contributed by atoms with Gasteiger partial charge in [-0.25, -0.2) is 0 Å². The lowest BCUT2D eigenvalue weighted by Gasteiger charge is -2.42. The van der Waals surface area contributed by atoms with Crippen LogP contribution >= 0.6 is 0 Å². The van der Waals surface area contributed by atoms with Gasteiger partial charge in [-0.2, -0.15) is 0 Å². The predicted molar refractivity (Wildman–Crippen MR) is 69.7 cm³/mol. The molecule has 0 bridgehead atoms. The van der Waals surface area contributed by atoms with Crippen molar-refractivity contribution in [3.05, 3.63) is 11.6 Å². The van der Waals surface area contributed by atoms with Crippen LogP contribution in [0.5, 0.6) is 0 Å². The number of ether oxygens (including phenoxy) is 1. The second kappa shape index (κ2) is 5.37. The Morgan fingerprint density at radius 3 is 2.50 bits per heavy atom. The molecule has 0 saturated carbocycles. The number of morpholine rings is 1. The highest BCUT2D eigenvalue weighted by molar-refractivity contribution is 6.11. The summed E-state index contributed by atoms with van der Waals surface area (Å²) in [5, 5.41) is 0. The molecule has 0 aliphatic carbocycles. The van der Waals surface area contributed by atoms with Crippen LogP contribution in [0.3, 0.4) is 0 Å². The van der Waals surface area contributed by atoms with Crippen LogP contribution in [0.25, 0.3) is 0 Å². The highest BCUT2D eigenvalue weighted by Gasteiger charge is 2.32. The van der Waals surface area contributed by atoms with E-state index in [2.05, 4.69) is 45.6 Å².